The van der Waals surface area contributed by atoms with Gasteiger partial charge in [0.2, 0.25) is 5.91 Å². The van der Waals surface area contributed by atoms with Gasteiger partial charge >= 0.3 is 5.97 Å². The van der Waals surface area contributed by atoms with Crippen molar-refractivity contribution in [3.8, 4) is 0 Å². The van der Waals surface area contributed by atoms with E-state index in [9.17, 15) is 14.4 Å². The number of hydrogen-bond acceptors (Lipinski definition) is 4. The van der Waals surface area contributed by atoms with Crippen LogP contribution in [-0.4, -0.2) is 39.2 Å². The molecule has 1 aliphatic rings. The molecule has 1 saturated heterocycles. The summed E-state index contributed by atoms with van der Waals surface area (Å²) in [5, 5.41) is 15.3. The third-order valence-electron chi connectivity index (χ3n) is 3.67. The number of carbonyl (C=O) groups is 3. The van der Waals surface area contributed by atoms with Gasteiger partial charge < -0.3 is 15.3 Å². The van der Waals surface area contributed by atoms with E-state index in [0.717, 1.165) is 6.42 Å². The van der Waals surface area contributed by atoms with E-state index in [-0.39, 0.29) is 24.2 Å². The molecular weight excluding hydrogens is 312 g/mol. The number of rotatable bonds is 5. The van der Waals surface area contributed by atoms with Crippen molar-refractivity contribution in [3.05, 3.63) is 42.1 Å². The number of hydrogen-bond donors (Lipinski definition) is 2. The summed E-state index contributed by atoms with van der Waals surface area (Å²) in [6.45, 7) is 0.381. The molecule has 0 aliphatic carbocycles. The first-order chi connectivity index (χ1) is 11.5. The molecule has 0 atom stereocenters. The molecule has 1 aliphatic heterocycles. The van der Waals surface area contributed by atoms with E-state index in [4.69, 9.17) is 5.11 Å². The Labute approximate surface area is 137 Å². The molecule has 2 aromatic rings. The van der Waals surface area contributed by atoms with Gasteiger partial charge in [0.15, 0.2) is 5.82 Å². The van der Waals surface area contributed by atoms with Crippen LogP contribution in [0.4, 0.5) is 11.5 Å². The van der Waals surface area contributed by atoms with E-state index in [1.165, 1.54) is 16.9 Å². The highest BCUT2D eigenvalue weighted by Gasteiger charge is 2.22. The number of nitrogens with zero attached hydrogens (tertiary/aromatic N) is 3. The molecule has 3 rings (SSSR count). The number of aromatic nitrogens is 2. The topological polar surface area (TPSA) is 105 Å². The number of nitrogens with one attached hydrogen (secondary N) is 1. The van der Waals surface area contributed by atoms with Crippen LogP contribution in [-0.2, 0) is 16.1 Å². The lowest BCUT2D eigenvalue weighted by Gasteiger charge is -2.16. The van der Waals surface area contributed by atoms with Crippen molar-refractivity contribution in [1.82, 2.24) is 9.78 Å². The molecule has 2 heterocycles. The summed E-state index contributed by atoms with van der Waals surface area (Å²) < 4.78 is 1.22. The SMILES string of the molecule is O=C(O)Cn1ccc(NC(=O)c2cccc(N3CCCC3=O)c2)n1. The van der Waals surface area contributed by atoms with E-state index in [1.54, 1.807) is 29.2 Å². The van der Waals surface area contributed by atoms with Gasteiger partial charge in [0.05, 0.1) is 0 Å². The molecule has 0 radical (unpaired) electrons. The number of carboxylic acid groups (broad SMARTS) is 1. The fraction of sp³-hybridized carbons (Fsp3) is 0.250. The Balaban J connectivity index is 1.72. The monoisotopic (exact) mass is 328 g/mol. The van der Waals surface area contributed by atoms with Crippen LogP contribution in [0, 0.1) is 0 Å². The average Bonchev–Trinajstić information content (AvgIpc) is 3.16. The van der Waals surface area contributed by atoms with Gasteiger partial charge in [-0.25, -0.2) is 0 Å². The molecule has 0 unspecified atom stereocenters. The maximum Gasteiger partial charge on any atom is 0.325 e. The van der Waals surface area contributed by atoms with Crippen LogP contribution in [0.5, 0.6) is 0 Å². The van der Waals surface area contributed by atoms with E-state index >= 15 is 0 Å². The van der Waals surface area contributed by atoms with Crippen molar-refractivity contribution in [3.63, 3.8) is 0 Å². The Morgan fingerprint density at radius 1 is 1.29 bits per heavy atom. The molecule has 2 N–H and O–H groups in total. The summed E-state index contributed by atoms with van der Waals surface area (Å²) in [5.41, 5.74) is 1.10. The molecule has 0 spiro atoms. The Morgan fingerprint density at radius 2 is 2.12 bits per heavy atom. The summed E-state index contributed by atoms with van der Waals surface area (Å²) in [6, 6.07) is 8.34. The maximum atomic E-state index is 12.3. The lowest BCUT2D eigenvalue weighted by molar-refractivity contribution is -0.137. The Bertz CT molecular complexity index is 799. The van der Waals surface area contributed by atoms with Crippen LogP contribution in [0.3, 0.4) is 0 Å². The summed E-state index contributed by atoms with van der Waals surface area (Å²) in [7, 11) is 0. The highest BCUT2D eigenvalue weighted by Crippen LogP contribution is 2.22. The van der Waals surface area contributed by atoms with Crippen molar-refractivity contribution >= 4 is 29.3 Å². The first-order valence-corrected chi connectivity index (χ1v) is 7.50. The molecular formula is C16H16N4O4. The fourth-order valence-electron chi connectivity index (χ4n) is 2.58. The van der Waals surface area contributed by atoms with E-state index in [0.29, 0.717) is 24.2 Å². The lowest BCUT2D eigenvalue weighted by Crippen LogP contribution is -2.24. The van der Waals surface area contributed by atoms with Gasteiger partial charge in [0.1, 0.15) is 6.54 Å². The zero-order valence-electron chi connectivity index (χ0n) is 12.8. The van der Waals surface area contributed by atoms with Crippen molar-refractivity contribution in [1.29, 1.82) is 0 Å². The second-order valence-corrected chi connectivity index (χ2v) is 5.45. The number of aliphatic carboxylic acids is 1. The van der Waals surface area contributed by atoms with Gasteiger partial charge in [-0.15, -0.1) is 0 Å². The first kappa shape index (κ1) is 15.7. The van der Waals surface area contributed by atoms with Crippen LogP contribution >= 0.6 is 0 Å². The second-order valence-electron chi connectivity index (χ2n) is 5.45. The minimum Gasteiger partial charge on any atom is -0.480 e. The minimum absolute atomic E-state index is 0.0555. The maximum absolute atomic E-state index is 12.3. The molecule has 2 amide bonds. The molecule has 1 fully saturated rings. The third kappa shape index (κ3) is 3.43. The molecule has 24 heavy (non-hydrogen) atoms. The van der Waals surface area contributed by atoms with Gasteiger partial charge in [-0.1, -0.05) is 6.07 Å². The average molecular weight is 328 g/mol. The zero-order chi connectivity index (χ0) is 17.1. The van der Waals surface area contributed by atoms with E-state index in [1.807, 2.05) is 0 Å². The van der Waals surface area contributed by atoms with Crippen LogP contribution in [0.15, 0.2) is 36.5 Å². The smallest absolute Gasteiger partial charge is 0.325 e. The van der Waals surface area contributed by atoms with Gasteiger partial charge in [0, 0.05) is 36.5 Å². The van der Waals surface area contributed by atoms with Crippen LogP contribution in [0.1, 0.15) is 23.2 Å². The number of amides is 2. The summed E-state index contributed by atoms with van der Waals surface area (Å²) >= 11 is 0. The fourth-order valence-corrected chi connectivity index (χ4v) is 2.58. The Morgan fingerprint density at radius 3 is 2.83 bits per heavy atom. The summed E-state index contributed by atoms with van der Waals surface area (Å²) in [5.74, 6) is -1.06. The highest BCUT2D eigenvalue weighted by molar-refractivity contribution is 6.05. The first-order valence-electron chi connectivity index (χ1n) is 7.50. The molecule has 0 saturated carbocycles. The van der Waals surface area contributed by atoms with Crippen LogP contribution < -0.4 is 10.2 Å². The number of carboxylic acids is 1. The zero-order valence-corrected chi connectivity index (χ0v) is 12.8. The number of carbonyl (C=O) groups excluding carboxylic acids is 2. The molecule has 0 bridgehead atoms. The highest BCUT2D eigenvalue weighted by atomic mass is 16.4. The van der Waals surface area contributed by atoms with E-state index < -0.39 is 5.97 Å². The second kappa shape index (κ2) is 6.53. The molecule has 1 aromatic carbocycles. The lowest BCUT2D eigenvalue weighted by atomic mass is 10.1. The molecule has 8 nitrogen and oxygen atoms in total. The van der Waals surface area contributed by atoms with Gasteiger partial charge in [-0.05, 0) is 24.6 Å². The number of anilines is 2. The summed E-state index contributed by atoms with van der Waals surface area (Å²) in [6.07, 6.45) is 2.82. The van der Waals surface area contributed by atoms with Crippen molar-refractivity contribution in [2.45, 2.75) is 19.4 Å². The number of benzene rings is 1. The normalized spacial score (nSPS) is 14.0. The van der Waals surface area contributed by atoms with Gasteiger partial charge in [-0.3, -0.25) is 19.1 Å². The molecule has 124 valence electrons. The quantitative estimate of drug-likeness (QED) is 0.862. The largest absolute Gasteiger partial charge is 0.480 e. The van der Waals surface area contributed by atoms with E-state index in [2.05, 4.69) is 10.4 Å². The van der Waals surface area contributed by atoms with Crippen molar-refractivity contribution < 1.29 is 19.5 Å². The van der Waals surface area contributed by atoms with Gasteiger partial charge in [-0.2, -0.15) is 5.10 Å². The third-order valence-corrected chi connectivity index (χ3v) is 3.67. The Hall–Kier alpha value is -3.16. The molecule has 8 heteroatoms. The summed E-state index contributed by atoms with van der Waals surface area (Å²) in [4.78, 5) is 36.4. The Kier molecular flexibility index (Phi) is 4.28. The van der Waals surface area contributed by atoms with Gasteiger partial charge in [0.25, 0.3) is 5.91 Å². The molecule has 1 aromatic heterocycles. The van der Waals surface area contributed by atoms with Crippen LogP contribution in [0.2, 0.25) is 0 Å². The van der Waals surface area contributed by atoms with Crippen LogP contribution in [0.25, 0.3) is 0 Å². The van der Waals surface area contributed by atoms with Crippen molar-refractivity contribution in [2.24, 2.45) is 0 Å². The van der Waals surface area contributed by atoms with Crippen molar-refractivity contribution in [2.75, 3.05) is 16.8 Å². The minimum atomic E-state index is -1.01. The predicted molar refractivity (Wildman–Crippen MR) is 85.8 cm³/mol. The standard InChI is InChI=1S/C16H16N4O4/c21-14-5-2-7-20(14)12-4-1-3-11(9-12)16(24)17-13-6-8-19(18-13)10-15(22)23/h1,3-4,6,8-9H,2,5,7,10H2,(H,22,23)(H,17,18,24). The predicted octanol–water partition coefficient (Wildman–Crippen LogP) is 1.35.